The summed E-state index contributed by atoms with van der Waals surface area (Å²) in [6, 6.07) is 4.36. The van der Waals surface area contributed by atoms with Crippen molar-refractivity contribution in [2.45, 2.75) is 37.6 Å². The van der Waals surface area contributed by atoms with Crippen LogP contribution in [0.25, 0.3) is 0 Å². The maximum atomic E-state index is 6.49. The lowest BCUT2D eigenvalue weighted by Crippen LogP contribution is -2.29. The van der Waals surface area contributed by atoms with Gasteiger partial charge in [-0.25, -0.2) is 0 Å². The number of rotatable bonds is 2. The molecule has 1 heterocycles. The summed E-state index contributed by atoms with van der Waals surface area (Å²) >= 11 is 1.86. The van der Waals surface area contributed by atoms with Crippen molar-refractivity contribution >= 4 is 11.3 Å². The van der Waals surface area contributed by atoms with E-state index in [0.717, 1.165) is 18.3 Å². The third-order valence-electron chi connectivity index (χ3n) is 4.10. The molecule has 0 radical (unpaired) electrons. The molecule has 0 aromatic carbocycles. The third-order valence-corrected chi connectivity index (χ3v) is 4.97. The van der Waals surface area contributed by atoms with Gasteiger partial charge >= 0.3 is 0 Å². The Morgan fingerprint density at radius 2 is 2.07 bits per heavy atom. The molecule has 2 unspecified atom stereocenters. The first kappa shape index (κ1) is 8.93. The van der Waals surface area contributed by atoms with Crippen LogP contribution in [0.1, 0.15) is 30.6 Å². The van der Waals surface area contributed by atoms with E-state index in [-0.39, 0.29) is 5.54 Å². The summed E-state index contributed by atoms with van der Waals surface area (Å²) < 4.78 is 0. The van der Waals surface area contributed by atoms with E-state index in [0.29, 0.717) is 0 Å². The Balaban J connectivity index is 1.74. The van der Waals surface area contributed by atoms with Gasteiger partial charge in [0.15, 0.2) is 0 Å². The molecule has 0 spiro atoms. The van der Waals surface area contributed by atoms with E-state index in [1.54, 1.807) is 0 Å². The normalized spacial score (nSPS) is 40.6. The molecule has 0 bridgehead atoms. The Kier molecular flexibility index (Phi) is 1.96. The molecule has 2 heteroatoms. The highest BCUT2D eigenvalue weighted by Gasteiger charge is 2.61. The molecule has 1 aromatic heterocycles. The minimum Gasteiger partial charge on any atom is -0.324 e. The predicted octanol–water partition coefficient (Wildman–Crippen LogP) is 2.81. The molecule has 2 saturated carbocycles. The summed E-state index contributed by atoms with van der Waals surface area (Å²) in [7, 11) is 0. The molecule has 76 valence electrons. The van der Waals surface area contributed by atoms with Gasteiger partial charge in [-0.2, -0.15) is 0 Å². The van der Waals surface area contributed by atoms with E-state index in [9.17, 15) is 0 Å². The van der Waals surface area contributed by atoms with Crippen molar-refractivity contribution in [3.05, 3.63) is 22.4 Å². The van der Waals surface area contributed by atoms with Gasteiger partial charge in [-0.1, -0.05) is 18.9 Å². The van der Waals surface area contributed by atoms with Crippen molar-refractivity contribution in [3.8, 4) is 0 Å². The third kappa shape index (κ3) is 1.24. The Morgan fingerprint density at radius 1 is 1.36 bits per heavy atom. The minimum absolute atomic E-state index is 0.182. The van der Waals surface area contributed by atoms with Crippen LogP contribution in [-0.4, -0.2) is 5.54 Å². The second kappa shape index (κ2) is 3.07. The van der Waals surface area contributed by atoms with Gasteiger partial charge in [0.25, 0.3) is 0 Å². The Labute approximate surface area is 89.3 Å². The van der Waals surface area contributed by atoms with Crippen molar-refractivity contribution in [1.29, 1.82) is 0 Å². The summed E-state index contributed by atoms with van der Waals surface area (Å²) in [5, 5.41) is 2.16. The average Bonchev–Trinajstić information content (AvgIpc) is 2.62. The lowest BCUT2D eigenvalue weighted by Gasteiger charge is -2.09. The molecule has 1 aromatic rings. The van der Waals surface area contributed by atoms with Crippen molar-refractivity contribution in [1.82, 2.24) is 0 Å². The first-order valence-corrected chi connectivity index (χ1v) is 6.50. The first-order chi connectivity index (χ1) is 6.81. The smallest absolute Gasteiger partial charge is 0.0266 e. The summed E-state index contributed by atoms with van der Waals surface area (Å²) in [5.41, 5.74) is 6.68. The highest BCUT2D eigenvalue weighted by atomic mass is 32.1. The van der Waals surface area contributed by atoms with Crippen LogP contribution < -0.4 is 5.73 Å². The fourth-order valence-corrected chi connectivity index (χ4v) is 4.10. The fraction of sp³-hybridized carbons (Fsp3) is 0.667. The molecular weight excluding hydrogens is 190 g/mol. The molecule has 2 fully saturated rings. The quantitative estimate of drug-likeness (QED) is 0.793. The molecule has 14 heavy (non-hydrogen) atoms. The lowest BCUT2D eigenvalue weighted by atomic mass is 10.0. The van der Waals surface area contributed by atoms with Gasteiger partial charge < -0.3 is 5.73 Å². The second-order valence-corrected chi connectivity index (χ2v) is 5.90. The van der Waals surface area contributed by atoms with Gasteiger partial charge in [0.2, 0.25) is 0 Å². The highest BCUT2D eigenvalue weighted by molar-refractivity contribution is 7.09. The van der Waals surface area contributed by atoms with Gasteiger partial charge in [0.1, 0.15) is 0 Å². The molecule has 0 saturated heterocycles. The van der Waals surface area contributed by atoms with Crippen LogP contribution in [0.15, 0.2) is 17.5 Å². The van der Waals surface area contributed by atoms with E-state index in [1.165, 1.54) is 30.6 Å². The minimum atomic E-state index is 0.182. The van der Waals surface area contributed by atoms with E-state index >= 15 is 0 Å². The molecule has 0 aliphatic heterocycles. The molecule has 0 amide bonds. The lowest BCUT2D eigenvalue weighted by molar-refractivity contribution is 0.480. The molecule has 2 aliphatic rings. The number of nitrogens with two attached hydrogens (primary N) is 1. The number of fused-ring (bicyclic) bond motifs is 1. The predicted molar refractivity (Wildman–Crippen MR) is 60.4 cm³/mol. The average molecular weight is 207 g/mol. The van der Waals surface area contributed by atoms with E-state index in [1.807, 2.05) is 11.3 Å². The second-order valence-electron chi connectivity index (χ2n) is 4.87. The standard InChI is InChI=1S/C12H17NS/c13-12(8-9-4-3-7-14-9)10-5-1-2-6-11(10)12/h3-4,7,10-11H,1-2,5-6,8,13H2. The zero-order chi connectivity index (χ0) is 9.60. The summed E-state index contributed by atoms with van der Waals surface area (Å²) in [4.78, 5) is 1.47. The van der Waals surface area contributed by atoms with Crippen LogP contribution in [-0.2, 0) is 6.42 Å². The van der Waals surface area contributed by atoms with Gasteiger partial charge in [0.05, 0.1) is 0 Å². The van der Waals surface area contributed by atoms with Crippen LogP contribution in [0.2, 0.25) is 0 Å². The van der Waals surface area contributed by atoms with Crippen molar-refractivity contribution in [2.75, 3.05) is 0 Å². The van der Waals surface area contributed by atoms with Crippen molar-refractivity contribution < 1.29 is 0 Å². The van der Waals surface area contributed by atoms with Gasteiger partial charge in [-0.3, -0.25) is 0 Å². The summed E-state index contributed by atoms with van der Waals surface area (Å²) in [6.45, 7) is 0. The Morgan fingerprint density at radius 3 is 2.64 bits per heavy atom. The molecule has 2 N–H and O–H groups in total. The molecule has 2 aliphatic carbocycles. The van der Waals surface area contributed by atoms with Crippen molar-refractivity contribution in [2.24, 2.45) is 17.6 Å². The topological polar surface area (TPSA) is 26.0 Å². The van der Waals surface area contributed by atoms with E-state index in [2.05, 4.69) is 17.5 Å². The summed E-state index contributed by atoms with van der Waals surface area (Å²) in [5.74, 6) is 1.69. The highest BCUT2D eigenvalue weighted by Crippen LogP contribution is 2.58. The van der Waals surface area contributed by atoms with Gasteiger partial charge in [-0.15, -0.1) is 11.3 Å². The van der Waals surface area contributed by atoms with Gasteiger partial charge in [-0.05, 0) is 36.1 Å². The van der Waals surface area contributed by atoms with Crippen molar-refractivity contribution in [3.63, 3.8) is 0 Å². The maximum absolute atomic E-state index is 6.49. The number of thiophene rings is 1. The molecular formula is C12H17NS. The number of hydrogen-bond donors (Lipinski definition) is 1. The largest absolute Gasteiger partial charge is 0.324 e. The van der Waals surface area contributed by atoms with E-state index in [4.69, 9.17) is 5.73 Å². The van der Waals surface area contributed by atoms with Crippen LogP contribution in [0.3, 0.4) is 0 Å². The van der Waals surface area contributed by atoms with Crippen LogP contribution in [0.5, 0.6) is 0 Å². The van der Waals surface area contributed by atoms with Crippen LogP contribution in [0.4, 0.5) is 0 Å². The summed E-state index contributed by atoms with van der Waals surface area (Å²) in [6.07, 6.45) is 6.70. The maximum Gasteiger partial charge on any atom is 0.0266 e. The molecule has 3 rings (SSSR count). The first-order valence-electron chi connectivity index (χ1n) is 5.62. The van der Waals surface area contributed by atoms with E-state index < -0.39 is 0 Å². The molecule has 1 nitrogen and oxygen atoms in total. The Hall–Kier alpha value is -0.340. The van der Waals surface area contributed by atoms with Gasteiger partial charge in [0, 0.05) is 16.8 Å². The SMILES string of the molecule is NC1(Cc2cccs2)C2CCCCC21. The Bertz CT molecular complexity index is 305. The zero-order valence-electron chi connectivity index (χ0n) is 8.41. The zero-order valence-corrected chi connectivity index (χ0v) is 9.22. The number of hydrogen-bond acceptors (Lipinski definition) is 2. The van der Waals surface area contributed by atoms with Crippen LogP contribution in [0, 0.1) is 11.8 Å². The monoisotopic (exact) mass is 207 g/mol. The van der Waals surface area contributed by atoms with Crippen LogP contribution >= 0.6 is 11.3 Å². The molecule has 2 atom stereocenters. The fourth-order valence-electron chi connectivity index (χ4n) is 3.27.